The van der Waals surface area contributed by atoms with Crippen molar-refractivity contribution in [1.29, 1.82) is 10.7 Å². The SMILES string of the molecule is N#Cc1ccc(NC(=O)C(=N)c2ccc(S(N)(=O)=O)cc2O)c(C(=O)O)c1. The van der Waals surface area contributed by atoms with Gasteiger partial charge in [-0.05, 0) is 30.3 Å². The molecule has 0 radical (unpaired) electrons. The highest BCUT2D eigenvalue weighted by Gasteiger charge is 2.20. The lowest BCUT2D eigenvalue weighted by molar-refractivity contribution is -0.110. The van der Waals surface area contributed by atoms with Crippen molar-refractivity contribution in [3.63, 3.8) is 0 Å². The Morgan fingerprint density at radius 1 is 1.15 bits per heavy atom. The summed E-state index contributed by atoms with van der Waals surface area (Å²) in [5.41, 5.74) is -1.47. The number of nitriles is 1. The third-order valence-corrected chi connectivity index (χ3v) is 4.33. The van der Waals surface area contributed by atoms with Gasteiger partial charge in [-0.1, -0.05) is 0 Å². The fraction of sp³-hybridized carbons (Fsp3) is 0. The molecule has 0 aromatic heterocycles. The Morgan fingerprint density at radius 3 is 2.33 bits per heavy atom. The Morgan fingerprint density at radius 2 is 1.81 bits per heavy atom. The number of primary sulfonamides is 1. The first-order chi connectivity index (χ1) is 12.5. The molecule has 11 heteroatoms. The number of hydrogen-bond acceptors (Lipinski definition) is 7. The number of benzene rings is 2. The Labute approximate surface area is 153 Å². The molecule has 138 valence electrons. The van der Waals surface area contributed by atoms with Gasteiger partial charge in [0.2, 0.25) is 10.0 Å². The van der Waals surface area contributed by atoms with E-state index >= 15 is 0 Å². The molecule has 2 aromatic rings. The molecule has 2 aromatic carbocycles. The average Bonchev–Trinajstić information content (AvgIpc) is 2.60. The van der Waals surface area contributed by atoms with E-state index in [1.165, 1.54) is 12.1 Å². The highest BCUT2D eigenvalue weighted by Crippen LogP contribution is 2.23. The molecular formula is C16H12N4O6S. The molecule has 1 amide bonds. The van der Waals surface area contributed by atoms with Gasteiger partial charge in [0.1, 0.15) is 11.5 Å². The smallest absolute Gasteiger partial charge is 0.337 e. The van der Waals surface area contributed by atoms with Gasteiger partial charge in [-0.2, -0.15) is 5.26 Å². The van der Waals surface area contributed by atoms with E-state index in [4.69, 9.17) is 15.8 Å². The van der Waals surface area contributed by atoms with Crippen molar-refractivity contribution in [2.45, 2.75) is 4.90 Å². The Kier molecular flexibility index (Phi) is 5.25. The summed E-state index contributed by atoms with van der Waals surface area (Å²) in [5, 5.41) is 42.9. The quantitative estimate of drug-likeness (QED) is 0.463. The topological polar surface area (TPSA) is 194 Å². The number of carboxylic acid groups (broad SMARTS) is 1. The van der Waals surface area contributed by atoms with Crippen molar-refractivity contribution < 1.29 is 28.2 Å². The number of amides is 1. The first-order valence-electron chi connectivity index (χ1n) is 7.08. The van der Waals surface area contributed by atoms with E-state index in [1.54, 1.807) is 6.07 Å². The first-order valence-corrected chi connectivity index (χ1v) is 8.62. The standard InChI is InChI=1S/C16H12N4O6S/c17-7-8-1-4-12(11(5-8)16(23)24)20-15(22)14(18)10-3-2-9(6-13(10)21)27(19,25)26/h1-6,18,21H,(H,20,22)(H,23,24)(H2,19,25,26). The number of anilines is 1. The molecule has 0 aliphatic heterocycles. The summed E-state index contributed by atoms with van der Waals surface area (Å²) < 4.78 is 22.5. The normalized spacial score (nSPS) is 10.7. The lowest BCUT2D eigenvalue weighted by atomic mass is 10.1. The predicted octanol–water partition coefficient (Wildman–Crippen LogP) is 0.616. The summed E-state index contributed by atoms with van der Waals surface area (Å²) in [7, 11) is -4.08. The number of nitrogens with one attached hydrogen (secondary N) is 2. The summed E-state index contributed by atoms with van der Waals surface area (Å²) in [6, 6.07) is 8.12. The van der Waals surface area contributed by atoms with E-state index < -0.39 is 38.3 Å². The van der Waals surface area contributed by atoms with Gasteiger partial charge in [0, 0.05) is 11.6 Å². The number of phenolic OH excluding ortho intramolecular Hbond substituents is 1. The first kappa shape index (κ1) is 19.6. The van der Waals surface area contributed by atoms with E-state index in [0.717, 1.165) is 24.3 Å². The minimum Gasteiger partial charge on any atom is -0.507 e. The number of aromatic carboxylic acids is 1. The van der Waals surface area contributed by atoms with Crippen LogP contribution in [0.4, 0.5) is 5.69 Å². The van der Waals surface area contributed by atoms with Crippen LogP contribution in [0.5, 0.6) is 5.75 Å². The fourth-order valence-corrected chi connectivity index (χ4v) is 2.64. The van der Waals surface area contributed by atoms with Crippen LogP contribution in [0, 0.1) is 16.7 Å². The molecule has 0 heterocycles. The Hall–Kier alpha value is -3.75. The van der Waals surface area contributed by atoms with Crippen molar-refractivity contribution in [1.82, 2.24) is 0 Å². The summed E-state index contributed by atoms with van der Waals surface area (Å²) in [6.07, 6.45) is 0. The zero-order chi connectivity index (χ0) is 20.4. The summed E-state index contributed by atoms with van der Waals surface area (Å²) in [4.78, 5) is 23.1. The second-order valence-corrected chi connectivity index (χ2v) is 6.79. The second kappa shape index (κ2) is 7.24. The Bertz CT molecular complexity index is 1120. The maximum atomic E-state index is 12.2. The maximum absolute atomic E-state index is 12.2. The zero-order valence-electron chi connectivity index (χ0n) is 13.4. The molecule has 27 heavy (non-hydrogen) atoms. The predicted molar refractivity (Wildman–Crippen MR) is 93.1 cm³/mol. The van der Waals surface area contributed by atoms with Gasteiger partial charge in [0.25, 0.3) is 5.91 Å². The molecule has 0 fully saturated rings. The van der Waals surface area contributed by atoms with Gasteiger partial charge in [0.15, 0.2) is 0 Å². The van der Waals surface area contributed by atoms with Gasteiger partial charge in [0.05, 0.1) is 27.8 Å². The molecule has 10 nitrogen and oxygen atoms in total. The maximum Gasteiger partial charge on any atom is 0.337 e. The molecule has 0 saturated heterocycles. The molecule has 0 atom stereocenters. The highest BCUT2D eigenvalue weighted by atomic mass is 32.2. The lowest BCUT2D eigenvalue weighted by Crippen LogP contribution is -2.24. The molecule has 0 bridgehead atoms. The highest BCUT2D eigenvalue weighted by molar-refractivity contribution is 7.89. The van der Waals surface area contributed by atoms with Gasteiger partial charge >= 0.3 is 5.97 Å². The van der Waals surface area contributed by atoms with Crippen molar-refractivity contribution in [3.05, 3.63) is 53.1 Å². The van der Waals surface area contributed by atoms with Crippen LogP contribution in [0.2, 0.25) is 0 Å². The number of sulfonamides is 1. The van der Waals surface area contributed by atoms with Crippen LogP contribution in [-0.2, 0) is 14.8 Å². The Balaban J connectivity index is 2.33. The van der Waals surface area contributed by atoms with Crippen LogP contribution >= 0.6 is 0 Å². The number of rotatable bonds is 5. The van der Waals surface area contributed by atoms with E-state index in [-0.39, 0.29) is 22.4 Å². The molecule has 0 unspecified atom stereocenters. The van der Waals surface area contributed by atoms with Crippen molar-refractivity contribution in [2.75, 3.05) is 5.32 Å². The summed E-state index contributed by atoms with van der Waals surface area (Å²) in [6.45, 7) is 0. The summed E-state index contributed by atoms with van der Waals surface area (Å²) >= 11 is 0. The van der Waals surface area contributed by atoms with Crippen LogP contribution < -0.4 is 10.5 Å². The van der Waals surface area contributed by atoms with Crippen LogP contribution in [0.15, 0.2) is 41.3 Å². The lowest BCUT2D eigenvalue weighted by Gasteiger charge is -2.11. The largest absolute Gasteiger partial charge is 0.507 e. The number of carboxylic acids is 1. The van der Waals surface area contributed by atoms with Crippen molar-refractivity contribution in [3.8, 4) is 11.8 Å². The monoisotopic (exact) mass is 388 g/mol. The molecule has 0 saturated carbocycles. The molecule has 6 N–H and O–H groups in total. The third-order valence-electron chi connectivity index (χ3n) is 3.42. The minimum absolute atomic E-state index is 0.0664. The number of carbonyl (C=O) groups excluding carboxylic acids is 1. The van der Waals surface area contributed by atoms with Crippen molar-refractivity contribution in [2.24, 2.45) is 5.14 Å². The van der Waals surface area contributed by atoms with Gasteiger partial charge in [-0.3, -0.25) is 10.2 Å². The van der Waals surface area contributed by atoms with Crippen LogP contribution in [0.1, 0.15) is 21.5 Å². The number of phenols is 1. The van der Waals surface area contributed by atoms with E-state index in [2.05, 4.69) is 5.32 Å². The number of nitrogens with zero attached hydrogens (tertiary/aromatic N) is 1. The van der Waals surface area contributed by atoms with E-state index in [9.17, 15) is 28.2 Å². The molecule has 0 aliphatic rings. The van der Waals surface area contributed by atoms with Crippen molar-refractivity contribution >= 4 is 33.3 Å². The fourth-order valence-electron chi connectivity index (χ4n) is 2.11. The van der Waals surface area contributed by atoms with E-state index in [0.29, 0.717) is 0 Å². The number of nitrogens with two attached hydrogens (primary N) is 1. The van der Waals surface area contributed by atoms with Gasteiger partial charge in [-0.25, -0.2) is 18.4 Å². The van der Waals surface area contributed by atoms with E-state index in [1.807, 2.05) is 0 Å². The number of hydrogen-bond donors (Lipinski definition) is 5. The minimum atomic E-state index is -4.08. The third kappa shape index (κ3) is 4.27. The zero-order valence-corrected chi connectivity index (χ0v) is 14.2. The second-order valence-electron chi connectivity index (χ2n) is 5.23. The number of carbonyl (C=O) groups is 2. The molecule has 0 aliphatic carbocycles. The average molecular weight is 388 g/mol. The number of aromatic hydroxyl groups is 1. The molecular weight excluding hydrogens is 376 g/mol. The molecule has 2 rings (SSSR count). The van der Waals surface area contributed by atoms with Crippen LogP contribution in [-0.4, -0.2) is 36.2 Å². The van der Waals surface area contributed by atoms with Gasteiger partial charge in [-0.15, -0.1) is 0 Å². The summed E-state index contributed by atoms with van der Waals surface area (Å²) in [5.74, 6) is -3.12. The van der Waals surface area contributed by atoms with Crippen LogP contribution in [0.3, 0.4) is 0 Å². The van der Waals surface area contributed by atoms with Gasteiger partial charge < -0.3 is 15.5 Å². The van der Waals surface area contributed by atoms with Crippen LogP contribution in [0.25, 0.3) is 0 Å². The molecule has 0 spiro atoms.